The Balaban J connectivity index is 1.59. The van der Waals surface area contributed by atoms with Gasteiger partial charge in [0.2, 0.25) is 0 Å². The Kier molecular flexibility index (Phi) is 5.97. The number of carbonyl (C=O) groups excluding carboxylic acids is 2. The smallest absolute Gasteiger partial charge is 0.342 e. The van der Waals surface area contributed by atoms with Crippen molar-refractivity contribution in [3.63, 3.8) is 0 Å². The minimum Gasteiger partial charge on any atom is -0.507 e. The minimum absolute atomic E-state index is 0.0115. The number of phenolic OH excluding ortho intramolecular Hbond substituents is 1. The van der Waals surface area contributed by atoms with Crippen LogP contribution in [0.15, 0.2) is 48.5 Å². The molecule has 3 aromatic rings. The lowest BCUT2D eigenvalue weighted by Gasteiger charge is -2.19. The van der Waals surface area contributed by atoms with Crippen LogP contribution in [0.5, 0.6) is 5.75 Å². The topological polar surface area (TPSA) is 96.3 Å². The molecule has 0 radical (unpaired) electrons. The summed E-state index contributed by atoms with van der Waals surface area (Å²) in [6.07, 6.45) is 2.03. The van der Waals surface area contributed by atoms with Gasteiger partial charge in [0, 0.05) is 29.3 Å². The molecule has 0 spiro atoms. The quantitative estimate of drug-likeness (QED) is 0.466. The molecule has 1 aliphatic rings. The van der Waals surface area contributed by atoms with Gasteiger partial charge in [-0.25, -0.2) is 4.79 Å². The van der Waals surface area contributed by atoms with Crippen LogP contribution in [0.25, 0.3) is 11.3 Å². The summed E-state index contributed by atoms with van der Waals surface area (Å²) in [6.45, 7) is 8.74. The summed E-state index contributed by atoms with van der Waals surface area (Å²) in [7, 11) is 0. The molecule has 7 heteroatoms. The Morgan fingerprint density at radius 3 is 2.39 bits per heavy atom. The van der Waals surface area contributed by atoms with Crippen LogP contribution in [0, 0.1) is 0 Å². The Morgan fingerprint density at radius 1 is 1.09 bits per heavy atom. The Labute approximate surface area is 193 Å². The molecule has 1 aromatic heterocycles. The predicted molar refractivity (Wildman–Crippen MR) is 129 cm³/mol. The molecule has 0 atom stereocenters. The average Bonchev–Trinajstić information content (AvgIpc) is 3.53. The number of carbonyl (C=O) groups is 2. The van der Waals surface area contributed by atoms with Gasteiger partial charge in [0.1, 0.15) is 5.75 Å². The molecule has 7 nitrogen and oxygen atoms in total. The summed E-state index contributed by atoms with van der Waals surface area (Å²) < 4.78 is 1.39. The zero-order chi connectivity index (χ0) is 23.8. The Morgan fingerprint density at radius 2 is 1.79 bits per heavy atom. The molecular formula is C26H30N4O3. The molecule has 2 amide bonds. The normalized spacial score (nSPS) is 13.6. The number of nitrogens with one attached hydrogen (secondary N) is 2. The Bertz CT molecular complexity index is 1190. The van der Waals surface area contributed by atoms with Crippen molar-refractivity contribution >= 4 is 17.6 Å². The predicted octanol–water partition coefficient (Wildman–Crippen LogP) is 5.26. The van der Waals surface area contributed by atoms with Crippen molar-refractivity contribution in [3.8, 4) is 17.0 Å². The van der Waals surface area contributed by atoms with Crippen LogP contribution >= 0.6 is 0 Å². The van der Waals surface area contributed by atoms with E-state index in [1.165, 1.54) is 10.7 Å². The highest BCUT2D eigenvalue weighted by atomic mass is 16.3. The van der Waals surface area contributed by atoms with Crippen molar-refractivity contribution in [2.45, 2.75) is 51.9 Å². The van der Waals surface area contributed by atoms with Crippen molar-refractivity contribution in [2.75, 3.05) is 11.9 Å². The van der Waals surface area contributed by atoms with Gasteiger partial charge < -0.3 is 15.7 Å². The van der Waals surface area contributed by atoms with E-state index in [-0.39, 0.29) is 23.1 Å². The summed E-state index contributed by atoms with van der Waals surface area (Å²) in [5.74, 6) is 0.0963. The third-order valence-electron chi connectivity index (χ3n) is 5.80. The van der Waals surface area contributed by atoms with Crippen molar-refractivity contribution in [1.82, 2.24) is 15.1 Å². The summed E-state index contributed by atoms with van der Waals surface area (Å²) in [5, 5.41) is 20.6. The lowest BCUT2D eigenvalue weighted by atomic mass is 9.87. The first kappa shape index (κ1) is 22.6. The lowest BCUT2D eigenvalue weighted by Crippen LogP contribution is -2.30. The molecule has 1 fully saturated rings. The van der Waals surface area contributed by atoms with E-state index in [4.69, 9.17) is 0 Å². The number of rotatable bonds is 5. The number of hydrogen-bond acceptors (Lipinski definition) is 4. The third-order valence-corrected chi connectivity index (χ3v) is 5.80. The van der Waals surface area contributed by atoms with Crippen molar-refractivity contribution < 1.29 is 14.7 Å². The summed E-state index contributed by atoms with van der Waals surface area (Å²) in [6, 6.07) is 14.0. The van der Waals surface area contributed by atoms with Gasteiger partial charge in [0.25, 0.3) is 5.91 Å². The number of anilines is 1. The molecule has 172 valence electrons. The second-order valence-corrected chi connectivity index (χ2v) is 9.49. The highest BCUT2D eigenvalue weighted by Crippen LogP contribution is 2.42. The van der Waals surface area contributed by atoms with Gasteiger partial charge in [0.15, 0.2) is 0 Å². The van der Waals surface area contributed by atoms with Gasteiger partial charge in [-0.2, -0.15) is 9.78 Å². The highest BCUT2D eigenvalue weighted by molar-refractivity contribution is 6.04. The van der Waals surface area contributed by atoms with Gasteiger partial charge in [-0.3, -0.25) is 4.79 Å². The van der Waals surface area contributed by atoms with Crippen LogP contribution in [-0.2, 0) is 5.41 Å². The van der Waals surface area contributed by atoms with E-state index >= 15 is 0 Å². The fourth-order valence-corrected chi connectivity index (χ4v) is 3.73. The molecule has 0 aliphatic heterocycles. The van der Waals surface area contributed by atoms with Crippen molar-refractivity contribution in [2.24, 2.45) is 0 Å². The van der Waals surface area contributed by atoms with Gasteiger partial charge in [0.05, 0.1) is 11.4 Å². The number of aromatic hydroxyl groups is 1. The SMILES string of the molecule is CCNC(=O)n1nc(-c2cc(NC(=O)c3ccc(C(C)(C)C)cc3)ccc2O)cc1C1CC1. The number of benzene rings is 2. The maximum Gasteiger partial charge on any atom is 0.342 e. The first-order valence-corrected chi connectivity index (χ1v) is 11.3. The molecule has 33 heavy (non-hydrogen) atoms. The largest absolute Gasteiger partial charge is 0.507 e. The molecule has 4 rings (SSSR count). The van der Waals surface area contributed by atoms with Crippen LogP contribution in [0.1, 0.15) is 68.1 Å². The van der Waals surface area contributed by atoms with E-state index in [1.807, 2.05) is 37.3 Å². The van der Waals surface area contributed by atoms with Gasteiger partial charge in [-0.15, -0.1) is 0 Å². The second-order valence-electron chi connectivity index (χ2n) is 9.49. The monoisotopic (exact) mass is 446 g/mol. The first-order valence-electron chi connectivity index (χ1n) is 11.3. The van der Waals surface area contributed by atoms with Gasteiger partial charge in [-0.05, 0) is 67.1 Å². The molecule has 2 aromatic carbocycles. The molecule has 0 saturated heterocycles. The van der Waals surface area contributed by atoms with E-state index in [1.54, 1.807) is 12.1 Å². The maximum absolute atomic E-state index is 12.8. The number of nitrogens with zero attached hydrogens (tertiary/aromatic N) is 2. The highest BCUT2D eigenvalue weighted by Gasteiger charge is 2.30. The van der Waals surface area contributed by atoms with Crippen LogP contribution < -0.4 is 10.6 Å². The summed E-state index contributed by atoms with van der Waals surface area (Å²) in [5.41, 5.74) is 4.04. The molecule has 0 unspecified atom stereocenters. The third kappa shape index (κ3) is 4.92. The Hall–Kier alpha value is -3.61. The molecule has 1 aliphatic carbocycles. The van der Waals surface area contributed by atoms with Crippen LogP contribution in [0.2, 0.25) is 0 Å². The van der Waals surface area contributed by atoms with E-state index in [0.717, 1.165) is 24.1 Å². The van der Waals surface area contributed by atoms with Crippen LogP contribution in [0.3, 0.4) is 0 Å². The fraction of sp³-hybridized carbons (Fsp3) is 0.346. The zero-order valence-corrected chi connectivity index (χ0v) is 19.5. The van der Waals surface area contributed by atoms with E-state index in [0.29, 0.717) is 35.0 Å². The zero-order valence-electron chi connectivity index (χ0n) is 19.5. The maximum atomic E-state index is 12.8. The first-order chi connectivity index (χ1) is 15.7. The van der Waals surface area contributed by atoms with Crippen LogP contribution in [0.4, 0.5) is 10.5 Å². The van der Waals surface area contributed by atoms with E-state index in [2.05, 4.69) is 36.5 Å². The molecular weight excluding hydrogens is 416 g/mol. The summed E-state index contributed by atoms with van der Waals surface area (Å²) >= 11 is 0. The standard InChI is InChI=1S/C26H30N4O3/c1-5-27-25(33)30-22(16-6-7-16)15-21(29-30)20-14-19(12-13-23(20)31)28-24(32)17-8-10-18(11-9-17)26(2,3)4/h8-16,31H,5-7H2,1-4H3,(H,27,33)(H,28,32). The molecule has 1 saturated carbocycles. The number of phenols is 1. The number of amides is 2. The van der Waals surface area contributed by atoms with Crippen LogP contribution in [-0.4, -0.2) is 33.4 Å². The fourth-order valence-electron chi connectivity index (χ4n) is 3.73. The van der Waals surface area contributed by atoms with E-state index in [9.17, 15) is 14.7 Å². The minimum atomic E-state index is -0.284. The molecule has 0 bridgehead atoms. The second kappa shape index (κ2) is 8.73. The van der Waals surface area contributed by atoms with E-state index < -0.39 is 0 Å². The lowest BCUT2D eigenvalue weighted by molar-refractivity contribution is 0.102. The molecule has 1 heterocycles. The summed E-state index contributed by atoms with van der Waals surface area (Å²) in [4.78, 5) is 25.2. The van der Waals surface area contributed by atoms with Gasteiger partial charge in [-0.1, -0.05) is 32.9 Å². The number of aromatic nitrogens is 2. The average molecular weight is 447 g/mol. The molecule has 3 N–H and O–H groups in total. The van der Waals surface area contributed by atoms with Crippen molar-refractivity contribution in [3.05, 3.63) is 65.4 Å². The number of hydrogen-bond donors (Lipinski definition) is 3. The van der Waals surface area contributed by atoms with Crippen molar-refractivity contribution in [1.29, 1.82) is 0 Å². The van der Waals surface area contributed by atoms with Gasteiger partial charge >= 0.3 is 6.03 Å².